The second-order valence-corrected chi connectivity index (χ2v) is 4.55. The summed E-state index contributed by atoms with van der Waals surface area (Å²) in [7, 11) is 1.93. The number of nitrogen functional groups attached to an aromatic ring is 1. The van der Waals surface area contributed by atoms with E-state index in [0.29, 0.717) is 10.7 Å². The summed E-state index contributed by atoms with van der Waals surface area (Å²) in [5.74, 6) is 0.826. The second kappa shape index (κ2) is 3.99. The Bertz CT molecular complexity index is 733. The summed E-state index contributed by atoms with van der Waals surface area (Å²) in [5.41, 5.74) is 9.05. The number of fused-ring (bicyclic) bond motifs is 1. The third-order valence-electron chi connectivity index (χ3n) is 2.82. The lowest BCUT2D eigenvalue weighted by Crippen LogP contribution is -1.94. The van der Waals surface area contributed by atoms with Crippen LogP contribution in [0.3, 0.4) is 0 Å². The van der Waals surface area contributed by atoms with Gasteiger partial charge in [0.15, 0.2) is 5.65 Å². The Hall–Kier alpha value is -2.07. The van der Waals surface area contributed by atoms with Crippen molar-refractivity contribution in [3.05, 3.63) is 41.6 Å². The molecular formula is C13H11ClN4. The molecule has 0 fully saturated rings. The van der Waals surface area contributed by atoms with Crippen molar-refractivity contribution in [3.63, 3.8) is 0 Å². The second-order valence-electron chi connectivity index (χ2n) is 4.12. The van der Waals surface area contributed by atoms with Gasteiger partial charge >= 0.3 is 0 Å². The highest BCUT2D eigenvalue weighted by molar-refractivity contribution is 6.31. The lowest BCUT2D eigenvalue weighted by molar-refractivity contribution is 0.942. The van der Waals surface area contributed by atoms with Gasteiger partial charge in [-0.1, -0.05) is 23.7 Å². The van der Waals surface area contributed by atoms with Crippen LogP contribution in [0.5, 0.6) is 0 Å². The van der Waals surface area contributed by atoms with Crippen molar-refractivity contribution in [2.45, 2.75) is 0 Å². The number of aryl methyl sites for hydroxylation is 1. The Kier molecular flexibility index (Phi) is 2.45. The largest absolute Gasteiger partial charge is 0.399 e. The SMILES string of the molecule is Cn1c(-c2cccc(N)c2)nc2cc(Cl)cnc21. The monoisotopic (exact) mass is 258 g/mol. The molecule has 0 saturated carbocycles. The summed E-state index contributed by atoms with van der Waals surface area (Å²) in [6.07, 6.45) is 1.62. The molecule has 4 nitrogen and oxygen atoms in total. The third-order valence-corrected chi connectivity index (χ3v) is 3.03. The summed E-state index contributed by atoms with van der Waals surface area (Å²) in [5, 5.41) is 0.583. The highest BCUT2D eigenvalue weighted by atomic mass is 35.5. The molecule has 3 rings (SSSR count). The van der Waals surface area contributed by atoms with Crippen LogP contribution in [0.25, 0.3) is 22.6 Å². The first-order valence-electron chi connectivity index (χ1n) is 5.49. The Balaban J connectivity index is 2.27. The Labute approximate surface area is 109 Å². The first kappa shape index (κ1) is 11.0. The maximum Gasteiger partial charge on any atom is 0.160 e. The number of hydrogen-bond donors (Lipinski definition) is 1. The Morgan fingerprint density at radius 3 is 2.89 bits per heavy atom. The molecule has 0 amide bonds. The molecule has 2 N–H and O–H groups in total. The molecule has 5 heteroatoms. The first-order chi connectivity index (χ1) is 8.65. The fourth-order valence-electron chi connectivity index (χ4n) is 1.99. The van der Waals surface area contributed by atoms with Gasteiger partial charge in [0.2, 0.25) is 0 Å². The predicted molar refractivity (Wildman–Crippen MR) is 73.4 cm³/mol. The highest BCUT2D eigenvalue weighted by Crippen LogP contribution is 2.25. The van der Waals surface area contributed by atoms with Gasteiger partial charge in [-0.15, -0.1) is 0 Å². The molecule has 0 aliphatic heterocycles. The van der Waals surface area contributed by atoms with E-state index in [1.54, 1.807) is 12.3 Å². The van der Waals surface area contributed by atoms with Crippen molar-refractivity contribution in [3.8, 4) is 11.4 Å². The number of nitrogens with zero attached hydrogens (tertiary/aromatic N) is 3. The van der Waals surface area contributed by atoms with E-state index in [0.717, 1.165) is 22.6 Å². The molecule has 90 valence electrons. The van der Waals surface area contributed by atoms with Gasteiger partial charge in [0.1, 0.15) is 11.3 Å². The Morgan fingerprint density at radius 1 is 1.28 bits per heavy atom. The van der Waals surface area contributed by atoms with Crippen LogP contribution >= 0.6 is 11.6 Å². The molecule has 18 heavy (non-hydrogen) atoms. The van der Waals surface area contributed by atoms with Crippen LogP contribution in [0.1, 0.15) is 0 Å². The number of hydrogen-bond acceptors (Lipinski definition) is 3. The van der Waals surface area contributed by atoms with E-state index in [9.17, 15) is 0 Å². The lowest BCUT2D eigenvalue weighted by atomic mass is 10.2. The molecule has 0 spiro atoms. The Morgan fingerprint density at radius 2 is 2.11 bits per heavy atom. The maximum atomic E-state index is 5.92. The molecule has 1 aromatic carbocycles. The molecule has 2 heterocycles. The minimum absolute atomic E-state index is 0.583. The molecule has 0 bridgehead atoms. The van der Waals surface area contributed by atoms with Gasteiger partial charge in [-0.05, 0) is 18.2 Å². The van der Waals surface area contributed by atoms with E-state index in [1.165, 1.54) is 0 Å². The molecule has 3 aromatic rings. The van der Waals surface area contributed by atoms with E-state index >= 15 is 0 Å². The van der Waals surface area contributed by atoms with Crippen molar-refractivity contribution < 1.29 is 0 Å². The van der Waals surface area contributed by atoms with Gasteiger partial charge in [0.05, 0.1) is 5.02 Å². The topological polar surface area (TPSA) is 56.7 Å². The smallest absolute Gasteiger partial charge is 0.160 e. The van der Waals surface area contributed by atoms with Crippen molar-refractivity contribution >= 4 is 28.5 Å². The number of anilines is 1. The zero-order chi connectivity index (χ0) is 12.7. The summed E-state index contributed by atoms with van der Waals surface area (Å²) in [4.78, 5) is 8.83. The fourth-order valence-corrected chi connectivity index (χ4v) is 2.14. The number of pyridine rings is 1. The van der Waals surface area contributed by atoms with Gasteiger partial charge in [-0.2, -0.15) is 0 Å². The number of benzene rings is 1. The fraction of sp³-hybridized carbons (Fsp3) is 0.0769. The lowest BCUT2D eigenvalue weighted by Gasteiger charge is -2.02. The van der Waals surface area contributed by atoms with Crippen molar-refractivity contribution in [1.82, 2.24) is 14.5 Å². The summed E-state index contributed by atoms with van der Waals surface area (Å²) in [6, 6.07) is 9.42. The third kappa shape index (κ3) is 1.71. The number of halogens is 1. The number of nitrogens with two attached hydrogens (primary N) is 1. The van der Waals surface area contributed by atoms with E-state index < -0.39 is 0 Å². The number of imidazole rings is 1. The van der Waals surface area contributed by atoms with Crippen molar-refractivity contribution in [2.24, 2.45) is 7.05 Å². The van der Waals surface area contributed by atoms with Crippen molar-refractivity contribution in [2.75, 3.05) is 5.73 Å². The maximum absolute atomic E-state index is 5.92. The minimum atomic E-state index is 0.583. The van der Waals surface area contributed by atoms with Crippen LogP contribution in [0.4, 0.5) is 5.69 Å². The summed E-state index contributed by atoms with van der Waals surface area (Å²) >= 11 is 5.92. The molecule has 0 aliphatic carbocycles. The molecule has 0 radical (unpaired) electrons. The first-order valence-corrected chi connectivity index (χ1v) is 5.87. The quantitative estimate of drug-likeness (QED) is 0.683. The molecule has 2 aromatic heterocycles. The van der Waals surface area contributed by atoms with Crippen LogP contribution in [0, 0.1) is 0 Å². The van der Waals surface area contributed by atoms with Gasteiger partial charge in [0, 0.05) is 24.5 Å². The summed E-state index contributed by atoms with van der Waals surface area (Å²) < 4.78 is 1.93. The van der Waals surface area contributed by atoms with Crippen LogP contribution in [-0.2, 0) is 7.05 Å². The number of rotatable bonds is 1. The molecular weight excluding hydrogens is 248 g/mol. The van der Waals surface area contributed by atoms with E-state index in [-0.39, 0.29) is 0 Å². The van der Waals surface area contributed by atoms with E-state index in [4.69, 9.17) is 17.3 Å². The average Bonchev–Trinajstić information content (AvgIpc) is 2.66. The van der Waals surface area contributed by atoms with Gasteiger partial charge in [-0.25, -0.2) is 9.97 Å². The zero-order valence-electron chi connectivity index (χ0n) is 9.76. The van der Waals surface area contributed by atoms with Gasteiger partial charge < -0.3 is 10.3 Å². The highest BCUT2D eigenvalue weighted by Gasteiger charge is 2.11. The van der Waals surface area contributed by atoms with Crippen LogP contribution in [0.15, 0.2) is 36.5 Å². The zero-order valence-corrected chi connectivity index (χ0v) is 10.5. The number of aromatic nitrogens is 3. The normalized spacial score (nSPS) is 11.0. The summed E-state index contributed by atoms with van der Waals surface area (Å²) in [6.45, 7) is 0. The molecule has 0 unspecified atom stereocenters. The van der Waals surface area contributed by atoms with E-state index in [2.05, 4.69) is 9.97 Å². The predicted octanol–water partition coefficient (Wildman–Crippen LogP) is 2.87. The van der Waals surface area contributed by atoms with Gasteiger partial charge in [0.25, 0.3) is 0 Å². The molecule has 0 atom stereocenters. The molecule has 0 aliphatic rings. The average molecular weight is 259 g/mol. The minimum Gasteiger partial charge on any atom is -0.399 e. The van der Waals surface area contributed by atoms with Crippen molar-refractivity contribution in [1.29, 1.82) is 0 Å². The van der Waals surface area contributed by atoms with Gasteiger partial charge in [-0.3, -0.25) is 0 Å². The van der Waals surface area contributed by atoms with E-state index in [1.807, 2.05) is 35.9 Å². The van der Waals surface area contributed by atoms with Crippen LogP contribution in [-0.4, -0.2) is 14.5 Å². The van der Waals surface area contributed by atoms with Crippen LogP contribution in [0.2, 0.25) is 5.02 Å². The molecule has 0 saturated heterocycles. The van der Waals surface area contributed by atoms with Crippen LogP contribution < -0.4 is 5.73 Å². The standard InChI is InChI=1S/C13H11ClN4/c1-18-12(8-3-2-4-10(15)5-8)17-11-6-9(14)7-16-13(11)18/h2-7H,15H2,1H3.